The van der Waals surface area contributed by atoms with Gasteiger partial charge in [0.25, 0.3) is 5.91 Å². The molecule has 5 rings (SSSR count). The van der Waals surface area contributed by atoms with E-state index in [1.807, 2.05) is 55.5 Å². The third-order valence-electron chi connectivity index (χ3n) is 6.00. The first kappa shape index (κ1) is 22.4. The van der Waals surface area contributed by atoms with E-state index in [1.165, 1.54) is 6.07 Å². The Hall–Kier alpha value is -4.39. The molecule has 0 radical (unpaired) electrons. The molecule has 0 aliphatic rings. The zero-order valence-electron chi connectivity index (χ0n) is 19.6. The van der Waals surface area contributed by atoms with Crippen molar-refractivity contribution in [2.45, 2.75) is 33.5 Å². The van der Waals surface area contributed by atoms with E-state index in [1.54, 1.807) is 18.2 Å². The van der Waals surface area contributed by atoms with E-state index >= 15 is 0 Å². The van der Waals surface area contributed by atoms with E-state index < -0.39 is 0 Å². The van der Waals surface area contributed by atoms with Gasteiger partial charge in [-0.15, -0.1) is 0 Å². The number of hydrogen-bond acceptors (Lipinski definition) is 5. The summed E-state index contributed by atoms with van der Waals surface area (Å²) in [4.78, 5) is 29.0. The molecule has 2 aromatic heterocycles. The van der Waals surface area contributed by atoms with Crippen molar-refractivity contribution in [3.8, 4) is 5.75 Å². The van der Waals surface area contributed by atoms with Crippen LogP contribution in [0, 0.1) is 6.92 Å². The number of benzene rings is 3. The molecule has 0 fully saturated rings. The van der Waals surface area contributed by atoms with Gasteiger partial charge in [0.2, 0.25) is 0 Å². The van der Waals surface area contributed by atoms with Gasteiger partial charge in [-0.2, -0.15) is 0 Å². The second kappa shape index (κ2) is 9.46. The van der Waals surface area contributed by atoms with Crippen molar-refractivity contribution < 1.29 is 13.9 Å². The van der Waals surface area contributed by atoms with E-state index in [4.69, 9.17) is 9.15 Å². The third-order valence-corrected chi connectivity index (χ3v) is 6.00. The van der Waals surface area contributed by atoms with Gasteiger partial charge in [-0.1, -0.05) is 24.3 Å². The molecule has 0 spiro atoms. The zero-order chi connectivity index (χ0) is 24.4. The lowest BCUT2D eigenvalue weighted by Crippen LogP contribution is -2.24. The van der Waals surface area contributed by atoms with Crippen LogP contribution >= 0.6 is 0 Å². The molecule has 0 saturated carbocycles. The SMILES string of the molecule is CCn1c(CNC(=O)c2ccc(COc3ccc4c(C)cc(=O)oc4c3)cc2)nc2ccccc21. The first-order valence-corrected chi connectivity index (χ1v) is 11.5. The molecule has 1 amide bonds. The summed E-state index contributed by atoms with van der Waals surface area (Å²) < 4.78 is 13.3. The van der Waals surface area contributed by atoms with Crippen LogP contribution in [0.2, 0.25) is 0 Å². The van der Waals surface area contributed by atoms with Crippen molar-refractivity contribution in [3.63, 3.8) is 0 Å². The number of rotatable bonds is 7. The lowest BCUT2D eigenvalue weighted by atomic mass is 10.1. The predicted molar refractivity (Wildman–Crippen MR) is 135 cm³/mol. The summed E-state index contributed by atoms with van der Waals surface area (Å²) in [5.74, 6) is 1.27. The highest BCUT2D eigenvalue weighted by molar-refractivity contribution is 5.94. The van der Waals surface area contributed by atoms with Crippen LogP contribution in [-0.4, -0.2) is 15.5 Å². The second-order valence-corrected chi connectivity index (χ2v) is 8.34. The number of para-hydroxylation sites is 2. The molecule has 0 atom stereocenters. The Labute approximate surface area is 202 Å². The maximum atomic E-state index is 12.7. The lowest BCUT2D eigenvalue weighted by molar-refractivity contribution is 0.0949. The molecular weight excluding hydrogens is 442 g/mol. The molecule has 0 aliphatic carbocycles. The van der Waals surface area contributed by atoms with Gasteiger partial charge >= 0.3 is 5.63 Å². The second-order valence-electron chi connectivity index (χ2n) is 8.34. The van der Waals surface area contributed by atoms with Crippen molar-refractivity contribution in [3.05, 3.63) is 106 Å². The van der Waals surface area contributed by atoms with Crippen LogP contribution in [0.1, 0.15) is 34.2 Å². The van der Waals surface area contributed by atoms with E-state index in [9.17, 15) is 9.59 Å². The van der Waals surface area contributed by atoms with Crippen LogP contribution in [-0.2, 0) is 19.7 Å². The third kappa shape index (κ3) is 4.66. The Morgan fingerprint density at radius 2 is 1.86 bits per heavy atom. The number of fused-ring (bicyclic) bond motifs is 2. The van der Waals surface area contributed by atoms with Crippen molar-refractivity contribution in [2.24, 2.45) is 0 Å². The van der Waals surface area contributed by atoms with Gasteiger partial charge in [-0.05, 0) is 61.4 Å². The summed E-state index contributed by atoms with van der Waals surface area (Å²) in [7, 11) is 0. The highest BCUT2D eigenvalue weighted by atomic mass is 16.5. The maximum Gasteiger partial charge on any atom is 0.336 e. The van der Waals surface area contributed by atoms with E-state index in [0.29, 0.717) is 30.0 Å². The zero-order valence-corrected chi connectivity index (χ0v) is 19.6. The number of carbonyl (C=O) groups is 1. The predicted octanol–water partition coefficient (Wildman–Crippen LogP) is 4.98. The number of imidazole rings is 1. The van der Waals surface area contributed by atoms with E-state index in [-0.39, 0.29) is 11.5 Å². The van der Waals surface area contributed by atoms with Crippen LogP contribution in [0.4, 0.5) is 0 Å². The minimum Gasteiger partial charge on any atom is -0.489 e. The molecule has 7 nitrogen and oxygen atoms in total. The highest BCUT2D eigenvalue weighted by Crippen LogP contribution is 2.23. The molecule has 1 N–H and O–H groups in total. The van der Waals surface area contributed by atoms with Crippen LogP contribution in [0.5, 0.6) is 5.75 Å². The average Bonchev–Trinajstić information content (AvgIpc) is 3.23. The summed E-state index contributed by atoms with van der Waals surface area (Å²) in [6.45, 7) is 5.39. The number of hydrogen-bond donors (Lipinski definition) is 1. The minimum atomic E-state index is -0.382. The van der Waals surface area contributed by atoms with Gasteiger partial charge in [0.05, 0.1) is 17.6 Å². The first-order chi connectivity index (χ1) is 17.0. The monoisotopic (exact) mass is 467 g/mol. The Kier molecular flexibility index (Phi) is 6.06. The number of carbonyl (C=O) groups excluding carboxylic acids is 1. The van der Waals surface area contributed by atoms with Crippen molar-refractivity contribution in [2.75, 3.05) is 0 Å². The van der Waals surface area contributed by atoms with Crippen LogP contribution in [0.25, 0.3) is 22.0 Å². The molecular formula is C28H25N3O4. The topological polar surface area (TPSA) is 86.4 Å². The fourth-order valence-electron chi connectivity index (χ4n) is 4.19. The molecule has 3 aromatic carbocycles. The molecule has 5 aromatic rings. The van der Waals surface area contributed by atoms with Gasteiger partial charge in [0, 0.05) is 29.6 Å². The van der Waals surface area contributed by atoms with Crippen molar-refractivity contribution in [1.29, 1.82) is 0 Å². The number of aryl methyl sites for hydroxylation is 2. The summed E-state index contributed by atoms with van der Waals surface area (Å²) in [6.07, 6.45) is 0. The molecule has 35 heavy (non-hydrogen) atoms. The van der Waals surface area contributed by atoms with Crippen molar-refractivity contribution in [1.82, 2.24) is 14.9 Å². The molecule has 176 valence electrons. The van der Waals surface area contributed by atoms with Crippen molar-refractivity contribution >= 4 is 27.9 Å². The summed E-state index contributed by atoms with van der Waals surface area (Å²) in [6, 6.07) is 22.2. The smallest absolute Gasteiger partial charge is 0.336 e. The average molecular weight is 468 g/mol. The Bertz CT molecular complexity index is 1580. The standard InChI is InChI=1S/C28H25N3O4/c1-3-31-24-7-5-4-6-23(24)30-26(31)16-29-28(33)20-10-8-19(9-11-20)17-34-21-12-13-22-18(2)14-27(32)35-25(22)15-21/h4-15H,3,16-17H2,1-2H3,(H,29,33). The van der Waals surface area contributed by atoms with Crippen LogP contribution in [0.15, 0.2) is 82.0 Å². The van der Waals surface area contributed by atoms with Gasteiger partial charge in [0.15, 0.2) is 0 Å². The quantitative estimate of drug-likeness (QED) is 0.341. The van der Waals surface area contributed by atoms with Gasteiger partial charge < -0.3 is 19.0 Å². The maximum absolute atomic E-state index is 12.7. The fraction of sp³-hybridized carbons (Fsp3) is 0.179. The van der Waals surface area contributed by atoms with Gasteiger partial charge in [-0.25, -0.2) is 9.78 Å². The van der Waals surface area contributed by atoms with Gasteiger partial charge in [0.1, 0.15) is 23.8 Å². The molecule has 7 heteroatoms. The van der Waals surface area contributed by atoms with Crippen LogP contribution < -0.4 is 15.7 Å². The van der Waals surface area contributed by atoms with Gasteiger partial charge in [-0.3, -0.25) is 4.79 Å². The normalized spacial score (nSPS) is 11.1. The summed E-state index contributed by atoms with van der Waals surface area (Å²) in [5, 5.41) is 3.84. The van der Waals surface area contributed by atoms with E-state index in [0.717, 1.165) is 39.9 Å². The Morgan fingerprint density at radius 3 is 2.66 bits per heavy atom. The largest absolute Gasteiger partial charge is 0.489 e. The number of ether oxygens (including phenoxy) is 1. The molecule has 0 bridgehead atoms. The molecule has 2 heterocycles. The minimum absolute atomic E-state index is 0.160. The fourth-order valence-corrected chi connectivity index (χ4v) is 4.19. The molecule has 0 unspecified atom stereocenters. The van der Waals surface area contributed by atoms with E-state index in [2.05, 4.69) is 21.8 Å². The Morgan fingerprint density at radius 1 is 1.06 bits per heavy atom. The first-order valence-electron chi connectivity index (χ1n) is 11.5. The number of amides is 1. The highest BCUT2D eigenvalue weighted by Gasteiger charge is 2.12. The summed E-state index contributed by atoms with van der Waals surface area (Å²) >= 11 is 0. The number of nitrogens with zero attached hydrogens (tertiary/aromatic N) is 2. The lowest BCUT2D eigenvalue weighted by Gasteiger charge is -2.10. The van der Waals surface area contributed by atoms with Crippen LogP contribution in [0.3, 0.4) is 0 Å². The Balaban J connectivity index is 1.22. The number of nitrogens with one attached hydrogen (secondary N) is 1. The summed E-state index contributed by atoms with van der Waals surface area (Å²) in [5.41, 5.74) is 4.45. The molecule has 0 aliphatic heterocycles. The number of aromatic nitrogens is 2. The molecule has 0 saturated heterocycles.